The van der Waals surface area contributed by atoms with E-state index < -0.39 is 0 Å². The fraction of sp³-hybridized carbons (Fsp3) is 0.200. The van der Waals surface area contributed by atoms with Crippen molar-refractivity contribution in [2.75, 3.05) is 11.9 Å². The molecule has 0 radical (unpaired) electrons. The maximum Gasteiger partial charge on any atom is 0.243 e. The van der Waals surface area contributed by atoms with Crippen LogP contribution in [0.25, 0.3) is 22.2 Å². The third-order valence-corrected chi connectivity index (χ3v) is 5.55. The van der Waals surface area contributed by atoms with Crippen LogP contribution >= 0.6 is 0 Å². The molecule has 1 fully saturated rings. The van der Waals surface area contributed by atoms with Crippen LogP contribution in [0.1, 0.15) is 30.1 Å². The molecule has 7 nitrogen and oxygen atoms in total. The van der Waals surface area contributed by atoms with E-state index in [4.69, 9.17) is 0 Å². The number of nitrogens with zero attached hydrogens (tertiary/aromatic N) is 2. The Bertz CT molecular complexity index is 1290. The molecule has 1 saturated carbocycles. The summed E-state index contributed by atoms with van der Waals surface area (Å²) < 4.78 is 0. The molecule has 0 spiro atoms. The second-order valence-corrected chi connectivity index (χ2v) is 8.04. The van der Waals surface area contributed by atoms with Crippen LogP contribution in [-0.4, -0.2) is 33.5 Å². The number of nitrogens with one attached hydrogen (secondary N) is 3. The Kier molecular flexibility index (Phi) is 5.37. The molecular formula is C25H23N5O2. The van der Waals surface area contributed by atoms with Gasteiger partial charge < -0.3 is 10.6 Å². The van der Waals surface area contributed by atoms with E-state index >= 15 is 0 Å². The van der Waals surface area contributed by atoms with Crippen molar-refractivity contribution in [1.82, 2.24) is 20.5 Å². The van der Waals surface area contributed by atoms with Crippen LogP contribution in [0.2, 0.25) is 0 Å². The molecule has 0 aliphatic heterocycles. The van der Waals surface area contributed by atoms with E-state index in [1.54, 1.807) is 6.07 Å². The zero-order valence-electron chi connectivity index (χ0n) is 17.5. The van der Waals surface area contributed by atoms with Gasteiger partial charge in [0.1, 0.15) is 5.82 Å². The second-order valence-electron chi connectivity index (χ2n) is 8.04. The minimum absolute atomic E-state index is 0.0969. The van der Waals surface area contributed by atoms with Crippen LogP contribution in [0.4, 0.5) is 5.69 Å². The van der Waals surface area contributed by atoms with Gasteiger partial charge in [-0.05, 0) is 41.3 Å². The molecule has 1 aromatic heterocycles. The Morgan fingerprint density at radius 1 is 0.969 bits per heavy atom. The third-order valence-electron chi connectivity index (χ3n) is 5.55. The first-order valence-electron chi connectivity index (χ1n) is 10.7. The number of carbonyl (C=O) groups is 2. The van der Waals surface area contributed by atoms with Gasteiger partial charge in [0.25, 0.3) is 0 Å². The fourth-order valence-electron chi connectivity index (χ4n) is 3.74. The molecule has 1 aliphatic carbocycles. The lowest BCUT2D eigenvalue weighted by Crippen LogP contribution is -2.33. The van der Waals surface area contributed by atoms with Gasteiger partial charge in [-0.2, -0.15) is 5.10 Å². The summed E-state index contributed by atoms with van der Waals surface area (Å²) in [6.45, 7) is -0.0969. The highest BCUT2D eigenvalue weighted by atomic mass is 16.2. The predicted octanol–water partition coefficient (Wildman–Crippen LogP) is 3.80. The number of benzene rings is 3. The van der Waals surface area contributed by atoms with E-state index in [2.05, 4.69) is 25.8 Å². The first-order valence-corrected chi connectivity index (χ1v) is 10.7. The average Bonchev–Trinajstić information content (AvgIpc) is 3.54. The van der Waals surface area contributed by atoms with E-state index in [1.807, 2.05) is 60.7 Å². The van der Waals surface area contributed by atoms with Crippen molar-refractivity contribution in [3.05, 3.63) is 78.1 Å². The van der Waals surface area contributed by atoms with Crippen LogP contribution in [0.15, 0.2) is 66.7 Å². The number of hydrogen-bond donors (Lipinski definition) is 3. The quantitative estimate of drug-likeness (QED) is 0.419. The number of hydrogen-bond acceptors (Lipinski definition) is 4. The number of carbonyl (C=O) groups excluding carboxylic acids is 2. The molecule has 1 aliphatic rings. The van der Waals surface area contributed by atoms with Gasteiger partial charge in [0.2, 0.25) is 11.8 Å². The van der Waals surface area contributed by atoms with Crippen molar-refractivity contribution in [3.63, 3.8) is 0 Å². The summed E-state index contributed by atoms with van der Waals surface area (Å²) in [5.74, 6) is 1.55. The molecule has 1 heterocycles. The lowest BCUT2D eigenvalue weighted by molar-refractivity contribution is -0.123. The summed E-state index contributed by atoms with van der Waals surface area (Å²) in [6, 6.07) is 21.2. The van der Waals surface area contributed by atoms with Gasteiger partial charge in [-0.3, -0.25) is 14.7 Å². The summed E-state index contributed by atoms with van der Waals surface area (Å²) in [6.07, 6.45) is 2.52. The summed E-state index contributed by atoms with van der Waals surface area (Å²) in [4.78, 5) is 29.3. The van der Waals surface area contributed by atoms with Gasteiger partial charge in [0, 0.05) is 17.2 Å². The number of aromatic amines is 1. The highest BCUT2D eigenvalue weighted by Gasteiger charge is 2.27. The summed E-state index contributed by atoms with van der Waals surface area (Å²) in [5, 5.41) is 14.9. The SMILES string of the molecule is O=C(Cc1cccc2ccccc12)NCC(=O)Nc1cccc(-c2n[nH]c(C3CC3)n2)c1. The van der Waals surface area contributed by atoms with Crippen molar-refractivity contribution in [2.45, 2.75) is 25.2 Å². The molecular weight excluding hydrogens is 402 g/mol. The lowest BCUT2D eigenvalue weighted by Gasteiger charge is -2.09. The van der Waals surface area contributed by atoms with Gasteiger partial charge in [-0.1, -0.05) is 54.6 Å². The standard InChI is InChI=1S/C25H23N5O2/c31-22(14-18-7-3-6-16-5-1-2-10-21(16)18)26-15-23(32)27-20-9-4-8-19(13-20)25-28-24(29-30-25)17-11-12-17/h1-10,13,17H,11-12,14-15H2,(H,26,31)(H,27,32)(H,28,29,30). The van der Waals surface area contributed by atoms with E-state index in [0.717, 1.165) is 40.6 Å². The van der Waals surface area contributed by atoms with Crippen molar-refractivity contribution < 1.29 is 9.59 Å². The maximum atomic E-state index is 12.4. The zero-order chi connectivity index (χ0) is 21.9. The third kappa shape index (κ3) is 4.51. The van der Waals surface area contributed by atoms with Gasteiger partial charge in [0.15, 0.2) is 5.82 Å². The molecule has 0 atom stereocenters. The minimum Gasteiger partial charge on any atom is -0.347 e. The zero-order valence-corrected chi connectivity index (χ0v) is 17.5. The number of H-pyrrole nitrogens is 1. The van der Waals surface area contributed by atoms with Crippen molar-refractivity contribution in [2.24, 2.45) is 0 Å². The minimum atomic E-state index is -0.290. The van der Waals surface area contributed by atoms with Crippen LogP contribution in [0.3, 0.4) is 0 Å². The van der Waals surface area contributed by atoms with E-state index in [-0.39, 0.29) is 24.8 Å². The first-order chi connectivity index (χ1) is 15.7. The van der Waals surface area contributed by atoms with Gasteiger partial charge in [0.05, 0.1) is 13.0 Å². The van der Waals surface area contributed by atoms with Crippen molar-refractivity contribution in [1.29, 1.82) is 0 Å². The van der Waals surface area contributed by atoms with Crippen LogP contribution in [0.5, 0.6) is 0 Å². The van der Waals surface area contributed by atoms with Crippen molar-refractivity contribution in [3.8, 4) is 11.4 Å². The van der Waals surface area contributed by atoms with Crippen LogP contribution in [0, 0.1) is 0 Å². The maximum absolute atomic E-state index is 12.4. The van der Waals surface area contributed by atoms with Crippen LogP contribution in [-0.2, 0) is 16.0 Å². The van der Waals surface area contributed by atoms with Gasteiger partial charge >= 0.3 is 0 Å². The molecule has 4 aromatic rings. The van der Waals surface area contributed by atoms with Gasteiger partial charge in [-0.15, -0.1) is 0 Å². The fourth-order valence-corrected chi connectivity index (χ4v) is 3.74. The average molecular weight is 425 g/mol. The number of rotatable bonds is 7. The van der Waals surface area contributed by atoms with Gasteiger partial charge in [-0.25, -0.2) is 4.98 Å². The number of amides is 2. The molecule has 7 heteroatoms. The second kappa shape index (κ2) is 8.63. The van der Waals surface area contributed by atoms with E-state index in [9.17, 15) is 9.59 Å². The molecule has 0 saturated heterocycles. The molecule has 3 N–H and O–H groups in total. The number of aromatic nitrogens is 3. The molecule has 0 unspecified atom stereocenters. The number of fused-ring (bicyclic) bond motifs is 1. The van der Waals surface area contributed by atoms with Crippen molar-refractivity contribution >= 4 is 28.3 Å². The largest absolute Gasteiger partial charge is 0.347 e. The Balaban J connectivity index is 1.17. The highest BCUT2D eigenvalue weighted by Crippen LogP contribution is 2.38. The number of anilines is 1. The summed E-state index contributed by atoms with van der Waals surface area (Å²) in [7, 11) is 0. The Hall–Kier alpha value is -4.00. The molecule has 5 rings (SSSR count). The summed E-state index contributed by atoms with van der Waals surface area (Å²) in [5.41, 5.74) is 2.39. The Morgan fingerprint density at radius 3 is 2.66 bits per heavy atom. The topological polar surface area (TPSA) is 99.8 Å². The Labute approximate surface area is 185 Å². The molecule has 160 valence electrons. The van der Waals surface area contributed by atoms with Crippen LogP contribution < -0.4 is 10.6 Å². The molecule has 0 bridgehead atoms. The monoisotopic (exact) mass is 425 g/mol. The Morgan fingerprint density at radius 2 is 1.78 bits per heavy atom. The molecule has 32 heavy (non-hydrogen) atoms. The molecule has 2 amide bonds. The smallest absolute Gasteiger partial charge is 0.243 e. The predicted molar refractivity (Wildman–Crippen MR) is 123 cm³/mol. The molecule has 3 aromatic carbocycles. The first kappa shape index (κ1) is 19.9. The highest BCUT2D eigenvalue weighted by molar-refractivity contribution is 5.96. The van der Waals surface area contributed by atoms with E-state index in [1.165, 1.54) is 0 Å². The normalized spacial score (nSPS) is 13.1. The van der Waals surface area contributed by atoms with E-state index in [0.29, 0.717) is 17.4 Å². The lowest BCUT2D eigenvalue weighted by atomic mass is 10.0. The summed E-state index contributed by atoms with van der Waals surface area (Å²) >= 11 is 0.